The van der Waals surface area contributed by atoms with Crippen LogP contribution in [-0.4, -0.2) is 0 Å². The SMILES string of the molecule is Fc1c[c]ccc1C(F)(F)C1CC1. The van der Waals surface area contributed by atoms with Crippen LogP contribution in [-0.2, 0) is 5.92 Å². The number of hydrogen-bond acceptors (Lipinski definition) is 0. The van der Waals surface area contributed by atoms with Gasteiger partial charge in [-0.05, 0) is 31.0 Å². The summed E-state index contributed by atoms with van der Waals surface area (Å²) >= 11 is 0. The zero-order chi connectivity index (χ0) is 9.47. The molecule has 13 heavy (non-hydrogen) atoms. The van der Waals surface area contributed by atoms with Crippen LogP contribution < -0.4 is 0 Å². The second-order valence-electron chi connectivity index (χ2n) is 3.30. The van der Waals surface area contributed by atoms with E-state index in [1.165, 1.54) is 6.07 Å². The third-order valence-electron chi connectivity index (χ3n) is 2.26. The van der Waals surface area contributed by atoms with Gasteiger partial charge < -0.3 is 0 Å². The Kier molecular flexibility index (Phi) is 1.82. The van der Waals surface area contributed by atoms with E-state index < -0.39 is 23.2 Å². The van der Waals surface area contributed by atoms with Gasteiger partial charge in [0.05, 0.1) is 5.56 Å². The highest BCUT2D eigenvalue weighted by molar-refractivity contribution is 5.23. The molecule has 3 heteroatoms. The fourth-order valence-electron chi connectivity index (χ4n) is 1.35. The van der Waals surface area contributed by atoms with Crippen LogP contribution in [0.3, 0.4) is 0 Å². The second-order valence-corrected chi connectivity index (χ2v) is 3.30. The molecule has 0 bridgehead atoms. The van der Waals surface area contributed by atoms with Crippen molar-refractivity contribution in [1.29, 1.82) is 0 Å². The van der Waals surface area contributed by atoms with Gasteiger partial charge in [-0.2, -0.15) is 0 Å². The number of rotatable bonds is 2. The van der Waals surface area contributed by atoms with Crippen LogP contribution in [0.15, 0.2) is 18.2 Å². The molecule has 1 aliphatic rings. The van der Waals surface area contributed by atoms with Crippen LogP contribution in [0, 0.1) is 17.8 Å². The lowest BCUT2D eigenvalue weighted by molar-refractivity contribution is -0.0317. The van der Waals surface area contributed by atoms with Crippen molar-refractivity contribution in [2.24, 2.45) is 5.92 Å². The minimum atomic E-state index is -3.00. The first kappa shape index (κ1) is 8.60. The smallest absolute Gasteiger partial charge is 0.206 e. The molecule has 0 spiro atoms. The zero-order valence-electron chi connectivity index (χ0n) is 6.86. The standard InChI is InChI=1S/C10H8F3/c11-9-4-2-1-3-8(9)10(12,13)7-5-6-7/h1,3-4,7H,5-6H2. The molecular formula is C10H8F3. The van der Waals surface area contributed by atoms with Crippen LogP contribution in [0.1, 0.15) is 18.4 Å². The number of hydrogen-bond donors (Lipinski definition) is 0. The molecule has 1 aromatic carbocycles. The van der Waals surface area contributed by atoms with Crippen LogP contribution in [0.2, 0.25) is 0 Å². The highest BCUT2D eigenvalue weighted by atomic mass is 19.3. The zero-order valence-corrected chi connectivity index (χ0v) is 6.86. The average Bonchev–Trinajstić information content (AvgIpc) is 2.86. The summed E-state index contributed by atoms with van der Waals surface area (Å²) in [4.78, 5) is 0. The molecule has 0 aromatic heterocycles. The van der Waals surface area contributed by atoms with E-state index in [0.717, 1.165) is 12.1 Å². The van der Waals surface area contributed by atoms with Gasteiger partial charge in [-0.3, -0.25) is 0 Å². The van der Waals surface area contributed by atoms with Crippen LogP contribution in [0.25, 0.3) is 0 Å². The van der Waals surface area contributed by atoms with Gasteiger partial charge in [0, 0.05) is 5.92 Å². The van der Waals surface area contributed by atoms with Crippen molar-refractivity contribution in [1.82, 2.24) is 0 Å². The number of benzene rings is 1. The predicted molar refractivity (Wildman–Crippen MR) is 41.9 cm³/mol. The van der Waals surface area contributed by atoms with Crippen molar-refractivity contribution in [3.8, 4) is 0 Å². The van der Waals surface area contributed by atoms with E-state index in [-0.39, 0.29) is 0 Å². The second kappa shape index (κ2) is 2.76. The average molecular weight is 185 g/mol. The molecule has 1 saturated carbocycles. The molecule has 0 amide bonds. The summed E-state index contributed by atoms with van der Waals surface area (Å²) < 4.78 is 39.7. The monoisotopic (exact) mass is 185 g/mol. The van der Waals surface area contributed by atoms with Gasteiger partial charge in [0.15, 0.2) is 0 Å². The fraction of sp³-hybridized carbons (Fsp3) is 0.400. The summed E-state index contributed by atoms with van der Waals surface area (Å²) in [6, 6.07) is 5.79. The Bertz CT molecular complexity index is 316. The predicted octanol–water partition coefficient (Wildman–Crippen LogP) is 3.13. The van der Waals surface area contributed by atoms with Crippen LogP contribution in [0.5, 0.6) is 0 Å². The minimum absolute atomic E-state index is 0.491. The van der Waals surface area contributed by atoms with Crippen LogP contribution in [0.4, 0.5) is 13.2 Å². The van der Waals surface area contributed by atoms with E-state index in [2.05, 4.69) is 6.07 Å². The molecule has 0 heterocycles. The first-order valence-corrected chi connectivity index (χ1v) is 4.16. The van der Waals surface area contributed by atoms with Gasteiger partial charge in [-0.15, -0.1) is 0 Å². The lowest BCUT2D eigenvalue weighted by Gasteiger charge is -2.15. The molecule has 1 aliphatic carbocycles. The highest BCUT2D eigenvalue weighted by Gasteiger charge is 2.49. The highest BCUT2D eigenvalue weighted by Crippen LogP contribution is 2.50. The third-order valence-corrected chi connectivity index (χ3v) is 2.26. The molecule has 0 atom stereocenters. The van der Waals surface area contributed by atoms with Crippen LogP contribution >= 0.6 is 0 Å². The minimum Gasteiger partial charge on any atom is -0.206 e. The summed E-state index contributed by atoms with van der Waals surface area (Å²) in [5, 5.41) is 0. The van der Waals surface area contributed by atoms with Crippen molar-refractivity contribution in [3.05, 3.63) is 35.6 Å². The maximum atomic E-state index is 13.3. The topological polar surface area (TPSA) is 0 Å². The lowest BCUT2D eigenvalue weighted by Crippen LogP contribution is -2.17. The van der Waals surface area contributed by atoms with Crippen molar-refractivity contribution in [2.75, 3.05) is 0 Å². The largest absolute Gasteiger partial charge is 0.278 e. The van der Waals surface area contributed by atoms with E-state index in [1.54, 1.807) is 0 Å². The Morgan fingerprint density at radius 2 is 2.08 bits per heavy atom. The Hall–Kier alpha value is -0.990. The summed E-state index contributed by atoms with van der Waals surface area (Å²) in [6.45, 7) is 0. The summed E-state index contributed by atoms with van der Waals surface area (Å²) in [5.41, 5.74) is -0.492. The van der Waals surface area contributed by atoms with Gasteiger partial charge in [-0.1, -0.05) is 6.07 Å². The first-order valence-electron chi connectivity index (χ1n) is 4.16. The Labute approximate surface area is 74.4 Å². The summed E-state index contributed by atoms with van der Waals surface area (Å²) in [5.74, 6) is -4.53. The molecule has 2 rings (SSSR count). The third kappa shape index (κ3) is 1.43. The van der Waals surface area contributed by atoms with Crippen molar-refractivity contribution >= 4 is 0 Å². The van der Waals surface area contributed by atoms with Crippen molar-refractivity contribution < 1.29 is 13.2 Å². The number of alkyl halides is 2. The molecule has 0 nitrogen and oxygen atoms in total. The molecule has 1 aromatic rings. The van der Waals surface area contributed by atoms with E-state index in [9.17, 15) is 13.2 Å². The molecule has 1 fully saturated rings. The molecule has 0 aliphatic heterocycles. The quantitative estimate of drug-likeness (QED) is 0.664. The Morgan fingerprint density at radius 3 is 2.62 bits per heavy atom. The van der Waals surface area contributed by atoms with Gasteiger partial charge in [0.2, 0.25) is 0 Å². The molecule has 1 radical (unpaired) electrons. The van der Waals surface area contributed by atoms with Crippen molar-refractivity contribution in [2.45, 2.75) is 18.8 Å². The normalized spacial score (nSPS) is 17.5. The maximum Gasteiger partial charge on any atom is 0.278 e. The van der Waals surface area contributed by atoms with E-state index >= 15 is 0 Å². The molecule has 0 N–H and O–H groups in total. The van der Waals surface area contributed by atoms with E-state index in [0.29, 0.717) is 12.8 Å². The Morgan fingerprint density at radius 1 is 1.38 bits per heavy atom. The summed E-state index contributed by atoms with van der Waals surface area (Å²) in [7, 11) is 0. The van der Waals surface area contributed by atoms with Gasteiger partial charge >= 0.3 is 0 Å². The lowest BCUT2D eigenvalue weighted by atomic mass is 10.0. The maximum absolute atomic E-state index is 13.3. The fourth-order valence-corrected chi connectivity index (χ4v) is 1.35. The molecule has 69 valence electrons. The Balaban J connectivity index is 2.38. The van der Waals surface area contributed by atoms with E-state index in [4.69, 9.17) is 0 Å². The number of halogens is 3. The molecule has 0 saturated heterocycles. The summed E-state index contributed by atoms with van der Waals surface area (Å²) in [6.07, 6.45) is 0.982. The van der Waals surface area contributed by atoms with E-state index in [1.807, 2.05) is 0 Å². The van der Waals surface area contributed by atoms with Gasteiger partial charge in [-0.25, -0.2) is 13.2 Å². The first-order chi connectivity index (χ1) is 6.12. The van der Waals surface area contributed by atoms with Gasteiger partial charge in [0.25, 0.3) is 5.92 Å². The molecular weight excluding hydrogens is 177 g/mol. The van der Waals surface area contributed by atoms with Gasteiger partial charge in [0.1, 0.15) is 5.82 Å². The van der Waals surface area contributed by atoms with Crippen molar-refractivity contribution in [3.63, 3.8) is 0 Å². The molecule has 0 unspecified atom stereocenters.